The fourth-order valence-electron chi connectivity index (χ4n) is 3.65. The number of hydrogen-bond donors (Lipinski definition) is 1. The van der Waals surface area contributed by atoms with Gasteiger partial charge in [-0.3, -0.25) is 24.2 Å². The zero-order valence-corrected chi connectivity index (χ0v) is 14.6. The lowest BCUT2D eigenvalue weighted by Crippen LogP contribution is -2.47. The molecule has 1 atom stereocenters. The van der Waals surface area contributed by atoms with E-state index in [0.29, 0.717) is 16.7 Å². The molecule has 0 aromatic heterocycles. The molecule has 7 nitrogen and oxygen atoms in total. The first-order valence-electron chi connectivity index (χ1n) is 8.57. The van der Waals surface area contributed by atoms with Crippen molar-refractivity contribution in [2.24, 2.45) is 0 Å². The number of fused-ring (bicyclic) bond motifs is 1. The van der Waals surface area contributed by atoms with Crippen molar-refractivity contribution in [3.63, 3.8) is 0 Å². The van der Waals surface area contributed by atoms with Crippen molar-refractivity contribution in [3.05, 3.63) is 71.3 Å². The number of benzene rings is 2. The van der Waals surface area contributed by atoms with E-state index in [4.69, 9.17) is 0 Å². The summed E-state index contributed by atoms with van der Waals surface area (Å²) in [4.78, 5) is 52.3. The van der Waals surface area contributed by atoms with Crippen LogP contribution in [-0.4, -0.2) is 47.1 Å². The number of hydrogen-bond acceptors (Lipinski definition) is 4. The Hall–Kier alpha value is -3.48. The van der Waals surface area contributed by atoms with E-state index in [1.807, 2.05) is 6.07 Å². The highest BCUT2D eigenvalue weighted by atomic mass is 16.2. The van der Waals surface area contributed by atoms with Gasteiger partial charge in [-0.25, -0.2) is 4.79 Å². The van der Waals surface area contributed by atoms with Gasteiger partial charge in [-0.2, -0.15) is 0 Å². The molecule has 0 bridgehead atoms. The van der Waals surface area contributed by atoms with E-state index in [9.17, 15) is 19.2 Å². The Morgan fingerprint density at radius 3 is 1.93 bits per heavy atom. The molecular formula is C20H17N3O4. The Bertz CT molecular complexity index is 937. The maximum absolute atomic E-state index is 12.9. The second-order valence-electron chi connectivity index (χ2n) is 6.62. The van der Waals surface area contributed by atoms with E-state index in [1.165, 1.54) is 7.05 Å². The zero-order valence-electron chi connectivity index (χ0n) is 14.6. The van der Waals surface area contributed by atoms with Crippen molar-refractivity contribution in [2.45, 2.75) is 12.0 Å². The largest absolute Gasteiger partial charge is 0.325 e. The fraction of sp³-hybridized carbons (Fsp3) is 0.200. The predicted molar refractivity (Wildman–Crippen MR) is 95.8 cm³/mol. The summed E-state index contributed by atoms with van der Waals surface area (Å²) in [5.41, 5.74) is 0.0252. The molecule has 4 rings (SSSR count). The van der Waals surface area contributed by atoms with Gasteiger partial charge in [0.15, 0.2) is 0 Å². The van der Waals surface area contributed by atoms with Crippen LogP contribution >= 0.6 is 0 Å². The molecule has 0 radical (unpaired) electrons. The van der Waals surface area contributed by atoms with Crippen molar-refractivity contribution in [2.75, 3.05) is 13.6 Å². The van der Waals surface area contributed by atoms with Gasteiger partial charge < -0.3 is 5.32 Å². The van der Waals surface area contributed by atoms with E-state index < -0.39 is 17.5 Å². The Kier molecular flexibility index (Phi) is 3.80. The van der Waals surface area contributed by atoms with Crippen LogP contribution in [0.2, 0.25) is 0 Å². The molecule has 0 spiro atoms. The molecule has 2 aliphatic heterocycles. The highest BCUT2D eigenvalue weighted by Gasteiger charge is 2.51. The third-order valence-corrected chi connectivity index (χ3v) is 5.15. The highest BCUT2D eigenvalue weighted by Crippen LogP contribution is 2.33. The number of carbonyl (C=O) groups excluding carboxylic acids is 4. The quantitative estimate of drug-likeness (QED) is 0.662. The number of nitrogens with one attached hydrogen (secondary N) is 1. The van der Waals surface area contributed by atoms with Gasteiger partial charge in [0.05, 0.1) is 11.1 Å². The van der Waals surface area contributed by atoms with Crippen LogP contribution in [0, 0.1) is 0 Å². The van der Waals surface area contributed by atoms with Crippen LogP contribution in [0.4, 0.5) is 4.79 Å². The smallest absolute Gasteiger partial charge is 0.319 e. The van der Waals surface area contributed by atoms with Gasteiger partial charge in [0.25, 0.3) is 17.7 Å². The molecule has 7 heteroatoms. The molecule has 0 saturated carbocycles. The van der Waals surface area contributed by atoms with Gasteiger partial charge in [0, 0.05) is 20.0 Å². The first-order chi connectivity index (χ1) is 13.0. The Balaban J connectivity index is 1.65. The summed E-state index contributed by atoms with van der Waals surface area (Å²) in [5.74, 6) is -1.18. The summed E-state index contributed by atoms with van der Waals surface area (Å²) in [6.07, 6.45) is 0.0946. The minimum absolute atomic E-state index is 0.0150. The highest BCUT2D eigenvalue weighted by molar-refractivity contribution is 6.21. The summed E-state index contributed by atoms with van der Waals surface area (Å²) in [7, 11) is 1.41. The van der Waals surface area contributed by atoms with Gasteiger partial charge >= 0.3 is 6.03 Å². The number of amides is 5. The topological polar surface area (TPSA) is 86.8 Å². The van der Waals surface area contributed by atoms with Crippen LogP contribution in [0.3, 0.4) is 0 Å². The molecular weight excluding hydrogens is 346 g/mol. The lowest BCUT2D eigenvalue weighted by atomic mass is 9.86. The molecule has 2 aromatic rings. The second kappa shape index (κ2) is 6.05. The van der Waals surface area contributed by atoms with Gasteiger partial charge in [0.1, 0.15) is 5.54 Å². The molecule has 0 aliphatic carbocycles. The molecule has 27 heavy (non-hydrogen) atoms. The van der Waals surface area contributed by atoms with E-state index in [2.05, 4.69) is 5.32 Å². The molecule has 2 aliphatic rings. The molecule has 5 amide bonds. The molecule has 1 saturated heterocycles. The average molecular weight is 363 g/mol. The fourth-order valence-corrected chi connectivity index (χ4v) is 3.65. The third kappa shape index (κ3) is 2.43. The summed E-state index contributed by atoms with van der Waals surface area (Å²) in [6, 6.07) is 15.0. The lowest BCUT2D eigenvalue weighted by molar-refractivity contribution is -0.131. The van der Waals surface area contributed by atoms with E-state index in [1.54, 1.807) is 48.5 Å². The first-order valence-corrected chi connectivity index (χ1v) is 8.57. The number of imide groups is 2. The lowest BCUT2D eigenvalue weighted by Gasteiger charge is -2.28. The summed E-state index contributed by atoms with van der Waals surface area (Å²) in [5, 5.41) is 2.75. The normalized spacial score (nSPS) is 21.7. The van der Waals surface area contributed by atoms with E-state index >= 15 is 0 Å². The van der Waals surface area contributed by atoms with E-state index in [0.717, 1.165) is 9.80 Å². The third-order valence-electron chi connectivity index (χ3n) is 5.15. The van der Waals surface area contributed by atoms with Gasteiger partial charge in [-0.1, -0.05) is 42.5 Å². The number of nitrogens with zero attached hydrogens (tertiary/aromatic N) is 2. The second-order valence-corrected chi connectivity index (χ2v) is 6.62. The number of urea groups is 1. The predicted octanol–water partition coefficient (Wildman–Crippen LogP) is 1.75. The molecule has 2 aromatic carbocycles. The van der Waals surface area contributed by atoms with Crippen molar-refractivity contribution in [3.8, 4) is 0 Å². The molecule has 1 N–H and O–H groups in total. The maximum Gasteiger partial charge on any atom is 0.325 e. The van der Waals surface area contributed by atoms with Gasteiger partial charge in [-0.05, 0) is 17.7 Å². The van der Waals surface area contributed by atoms with Crippen molar-refractivity contribution < 1.29 is 19.2 Å². The van der Waals surface area contributed by atoms with Gasteiger partial charge in [-0.15, -0.1) is 0 Å². The monoisotopic (exact) mass is 363 g/mol. The Labute approximate surface area is 155 Å². The number of carbonyl (C=O) groups is 4. The van der Waals surface area contributed by atoms with Crippen LogP contribution < -0.4 is 5.32 Å². The maximum atomic E-state index is 12.9. The van der Waals surface area contributed by atoms with Crippen LogP contribution in [0.15, 0.2) is 54.6 Å². The van der Waals surface area contributed by atoms with Crippen LogP contribution in [0.5, 0.6) is 0 Å². The molecule has 1 fully saturated rings. The SMILES string of the molecule is CN1C(=O)N[C@@](CCN2C(=O)c3ccccc3C2=O)(c2ccccc2)C1=O. The van der Waals surface area contributed by atoms with E-state index in [-0.39, 0.29) is 24.8 Å². The Morgan fingerprint density at radius 2 is 1.41 bits per heavy atom. The van der Waals surface area contributed by atoms with Crippen LogP contribution in [-0.2, 0) is 10.3 Å². The van der Waals surface area contributed by atoms with Crippen molar-refractivity contribution >= 4 is 23.8 Å². The minimum atomic E-state index is -1.30. The first kappa shape index (κ1) is 17.0. The number of rotatable bonds is 4. The summed E-state index contributed by atoms with van der Waals surface area (Å²) >= 11 is 0. The average Bonchev–Trinajstić information content (AvgIpc) is 3.07. The Morgan fingerprint density at radius 1 is 0.852 bits per heavy atom. The van der Waals surface area contributed by atoms with Crippen LogP contribution in [0.1, 0.15) is 32.7 Å². The number of likely N-dealkylation sites (N-methyl/N-ethyl adjacent to an activating group) is 1. The molecule has 136 valence electrons. The standard InChI is InChI=1S/C20H17N3O4/c1-22-18(26)20(21-19(22)27,13-7-3-2-4-8-13)11-12-23-16(24)14-9-5-6-10-15(14)17(23)25/h2-10H,11-12H2,1H3,(H,21,27)/t20-/m0/s1. The van der Waals surface area contributed by atoms with Gasteiger partial charge in [0.2, 0.25) is 0 Å². The summed E-state index contributed by atoms with van der Waals surface area (Å²) < 4.78 is 0. The minimum Gasteiger partial charge on any atom is -0.319 e. The van der Waals surface area contributed by atoms with Crippen molar-refractivity contribution in [1.82, 2.24) is 15.1 Å². The van der Waals surface area contributed by atoms with Crippen LogP contribution in [0.25, 0.3) is 0 Å². The van der Waals surface area contributed by atoms with Crippen molar-refractivity contribution in [1.29, 1.82) is 0 Å². The molecule has 0 unspecified atom stereocenters. The molecule has 2 heterocycles. The zero-order chi connectivity index (χ0) is 19.2. The summed E-state index contributed by atoms with van der Waals surface area (Å²) in [6.45, 7) is 0.0150.